The van der Waals surface area contributed by atoms with E-state index in [1.165, 1.54) is 64.6 Å². The van der Waals surface area contributed by atoms with E-state index < -0.39 is 0 Å². The van der Waals surface area contributed by atoms with Crippen LogP contribution in [0.4, 0.5) is 0 Å². The van der Waals surface area contributed by atoms with Crippen molar-refractivity contribution in [2.45, 2.75) is 79.6 Å². The number of rotatable bonds is 12. The minimum Gasteiger partial charge on any atom is -0.299 e. The molecule has 0 unspecified atom stereocenters. The molecule has 0 spiro atoms. The molecule has 0 saturated heterocycles. The van der Waals surface area contributed by atoms with Crippen LogP contribution in [0, 0.1) is 5.92 Å². The molecular weight excluding hydrogens is 230 g/mol. The Bertz CT molecular complexity index is 208. The Labute approximate surface area is 122 Å². The Morgan fingerprint density at radius 1 is 0.842 bits per heavy atom. The molecule has 0 fully saturated rings. The Hall–Kier alpha value is -0.300. The van der Waals surface area contributed by atoms with Gasteiger partial charge in [0.15, 0.2) is 0 Å². The first-order valence-corrected chi connectivity index (χ1v) is 8.64. The second-order valence-electron chi connectivity index (χ2n) is 5.74. The first kappa shape index (κ1) is 18.7. The molecule has 0 aromatic heterocycles. The van der Waals surface area contributed by atoms with E-state index in [1.54, 1.807) is 5.57 Å². The molecule has 0 bridgehead atoms. The van der Waals surface area contributed by atoms with Gasteiger partial charge in [-0.05, 0) is 51.1 Å². The number of hydrogen-bond acceptors (Lipinski definition) is 1. The lowest BCUT2D eigenvalue weighted by molar-refractivity contribution is 0.283. The second kappa shape index (κ2) is 12.7. The average Bonchev–Trinajstić information content (AvgIpc) is 2.38. The molecule has 0 atom stereocenters. The maximum absolute atomic E-state index is 2.65. The zero-order valence-corrected chi connectivity index (χ0v) is 14.2. The van der Waals surface area contributed by atoms with E-state index in [9.17, 15) is 0 Å². The number of hydrogen-bond donors (Lipinski definition) is 0. The monoisotopic (exact) mass is 267 g/mol. The average molecular weight is 268 g/mol. The summed E-state index contributed by atoms with van der Waals surface area (Å²) in [6.45, 7) is 15.2. The fourth-order valence-electron chi connectivity index (χ4n) is 3.00. The Kier molecular flexibility index (Phi) is 12.5. The number of allylic oxidation sites excluding steroid dienone is 1. The van der Waals surface area contributed by atoms with E-state index in [0.717, 1.165) is 5.92 Å². The van der Waals surface area contributed by atoms with E-state index in [0.29, 0.717) is 0 Å². The topological polar surface area (TPSA) is 3.24 Å². The zero-order chi connectivity index (χ0) is 14.5. The van der Waals surface area contributed by atoms with Crippen LogP contribution in [0.5, 0.6) is 0 Å². The predicted octanol–water partition coefficient (Wildman–Crippen LogP) is 5.66. The van der Waals surface area contributed by atoms with Gasteiger partial charge in [-0.15, -0.1) is 0 Å². The van der Waals surface area contributed by atoms with E-state index in [1.807, 2.05) is 0 Å². The van der Waals surface area contributed by atoms with Crippen LogP contribution in [0.15, 0.2) is 11.6 Å². The molecule has 0 aromatic rings. The molecule has 19 heavy (non-hydrogen) atoms. The quantitative estimate of drug-likeness (QED) is 0.412. The van der Waals surface area contributed by atoms with Gasteiger partial charge >= 0.3 is 0 Å². The van der Waals surface area contributed by atoms with Crippen LogP contribution in [0.1, 0.15) is 79.6 Å². The van der Waals surface area contributed by atoms with E-state index in [2.05, 4.69) is 45.6 Å². The van der Waals surface area contributed by atoms with Crippen molar-refractivity contribution < 1.29 is 0 Å². The van der Waals surface area contributed by atoms with Gasteiger partial charge in [0.2, 0.25) is 0 Å². The molecule has 0 saturated carbocycles. The standard InChI is InChI=1S/C18H37N/c1-6-11-17(12-7-2)18(13-8-3)16-19(14-9-4)15-10-5/h13,17H,6-12,14-16H2,1-5H3. The fraction of sp³-hybridized carbons (Fsp3) is 0.889. The third-order valence-corrected chi connectivity index (χ3v) is 3.75. The van der Waals surface area contributed by atoms with E-state index in [4.69, 9.17) is 0 Å². The van der Waals surface area contributed by atoms with Gasteiger partial charge in [-0.1, -0.05) is 59.1 Å². The van der Waals surface area contributed by atoms with Crippen molar-refractivity contribution in [1.29, 1.82) is 0 Å². The van der Waals surface area contributed by atoms with Crippen molar-refractivity contribution in [2.75, 3.05) is 19.6 Å². The number of nitrogens with zero attached hydrogens (tertiary/aromatic N) is 1. The van der Waals surface area contributed by atoms with Crippen LogP contribution >= 0.6 is 0 Å². The largest absolute Gasteiger partial charge is 0.299 e. The lowest BCUT2D eigenvalue weighted by Gasteiger charge is -2.27. The van der Waals surface area contributed by atoms with Crippen LogP contribution in [0.3, 0.4) is 0 Å². The van der Waals surface area contributed by atoms with Crippen LogP contribution in [-0.2, 0) is 0 Å². The summed E-state index contributed by atoms with van der Waals surface area (Å²) in [6.07, 6.45) is 11.6. The first-order chi connectivity index (χ1) is 9.23. The summed E-state index contributed by atoms with van der Waals surface area (Å²) in [6, 6.07) is 0. The molecule has 0 aromatic carbocycles. The predicted molar refractivity (Wildman–Crippen MR) is 88.7 cm³/mol. The molecule has 0 amide bonds. The molecule has 0 radical (unpaired) electrons. The minimum atomic E-state index is 0.825. The minimum absolute atomic E-state index is 0.825. The zero-order valence-electron chi connectivity index (χ0n) is 14.2. The maximum Gasteiger partial charge on any atom is 0.0195 e. The van der Waals surface area contributed by atoms with Gasteiger partial charge in [0, 0.05) is 6.54 Å². The van der Waals surface area contributed by atoms with Gasteiger partial charge < -0.3 is 0 Å². The molecule has 0 aliphatic heterocycles. The summed E-state index contributed by atoms with van der Waals surface area (Å²) >= 11 is 0. The summed E-state index contributed by atoms with van der Waals surface area (Å²) in [7, 11) is 0. The Balaban J connectivity index is 4.70. The summed E-state index contributed by atoms with van der Waals surface area (Å²) in [5.41, 5.74) is 1.72. The molecule has 0 aliphatic rings. The van der Waals surface area contributed by atoms with Crippen LogP contribution < -0.4 is 0 Å². The van der Waals surface area contributed by atoms with E-state index in [-0.39, 0.29) is 0 Å². The molecule has 1 heteroatoms. The van der Waals surface area contributed by atoms with Crippen LogP contribution in [0.25, 0.3) is 0 Å². The lowest BCUT2D eigenvalue weighted by atomic mass is 9.89. The highest BCUT2D eigenvalue weighted by molar-refractivity contribution is 5.09. The highest BCUT2D eigenvalue weighted by atomic mass is 15.1. The van der Waals surface area contributed by atoms with Gasteiger partial charge in [-0.3, -0.25) is 4.90 Å². The van der Waals surface area contributed by atoms with Crippen molar-refractivity contribution >= 4 is 0 Å². The molecule has 0 heterocycles. The molecule has 0 N–H and O–H groups in total. The summed E-state index contributed by atoms with van der Waals surface area (Å²) in [5.74, 6) is 0.825. The maximum atomic E-state index is 2.65. The van der Waals surface area contributed by atoms with Gasteiger partial charge in [0.05, 0.1) is 0 Å². The summed E-state index contributed by atoms with van der Waals surface area (Å²) in [4.78, 5) is 2.65. The van der Waals surface area contributed by atoms with Crippen molar-refractivity contribution in [3.8, 4) is 0 Å². The SMILES string of the molecule is CCC=C(CN(CCC)CCC)C(CCC)CCC. The van der Waals surface area contributed by atoms with E-state index >= 15 is 0 Å². The van der Waals surface area contributed by atoms with Gasteiger partial charge in [-0.25, -0.2) is 0 Å². The van der Waals surface area contributed by atoms with Crippen molar-refractivity contribution in [3.05, 3.63) is 11.6 Å². The molecule has 1 nitrogen and oxygen atoms in total. The van der Waals surface area contributed by atoms with Gasteiger partial charge in [0.1, 0.15) is 0 Å². The Morgan fingerprint density at radius 2 is 1.37 bits per heavy atom. The molecule has 0 aliphatic carbocycles. The summed E-state index contributed by atoms with van der Waals surface area (Å²) < 4.78 is 0. The van der Waals surface area contributed by atoms with Crippen LogP contribution in [-0.4, -0.2) is 24.5 Å². The fourth-order valence-corrected chi connectivity index (χ4v) is 3.00. The van der Waals surface area contributed by atoms with Crippen molar-refractivity contribution in [1.82, 2.24) is 4.90 Å². The Morgan fingerprint density at radius 3 is 1.74 bits per heavy atom. The van der Waals surface area contributed by atoms with Crippen molar-refractivity contribution in [2.24, 2.45) is 5.92 Å². The molecule has 0 rings (SSSR count). The first-order valence-electron chi connectivity index (χ1n) is 8.64. The third-order valence-electron chi connectivity index (χ3n) is 3.75. The summed E-state index contributed by atoms with van der Waals surface area (Å²) in [5, 5.41) is 0. The third kappa shape index (κ3) is 8.47. The van der Waals surface area contributed by atoms with Crippen LogP contribution in [0.2, 0.25) is 0 Å². The molecule has 114 valence electrons. The van der Waals surface area contributed by atoms with Gasteiger partial charge in [0.25, 0.3) is 0 Å². The van der Waals surface area contributed by atoms with Crippen molar-refractivity contribution in [3.63, 3.8) is 0 Å². The lowest BCUT2D eigenvalue weighted by Crippen LogP contribution is -2.29. The molecular formula is C18H37N. The highest BCUT2D eigenvalue weighted by Gasteiger charge is 2.15. The van der Waals surface area contributed by atoms with Gasteiger partial charge in [-0.2, -0.15) is 0 Å². The second-order valence-corrected chi connectivity index (χ2v) is 5.74. The smallest absolute Gasteiger partial charge is 0.0195 e. The normalized spacial score (nSPS) is 12.7. The highest BCUT2D eigenvalue weighted by Crippen LogP contribution is 2.24.